The van der Waals surface area contributed by atoms with Crippen LogP contribution >= 0.6 is 11.8 Å². The third kappa shape index (κ3) is 4.19. The first-order valence-electron chi connectivity index (χ1n) is 10.8. The van der Waals surface area contributed by atoms with E-state index >= 15 is 0 Å². The van der Waals surface area contributed by atoms with Crippen molar-refractivity contribution >= 4 is 28.4 Å². The number of nitrogens with zero attached hydrogens (tertiary/aromatic N) is 5. The lowest BCUT2D eigenvalue weighted by Gasteiger charge is -2.09. The van der Waals surface area contributed by atoms with Crippen LogP contribution in [0, 0.1) is 11.3 Å². The van der Waals surface area contributed by atoms with Gasteiger partial charge in [0, 0.05) is 35.1 Å². The van der Waals surface area contributed by atoms with E-state index in [4.69, 9.17) is 5.26 Å². The van der Waals surface area contributed by atoms with Crippen LogP contribution in [0.3, 0.4) is 0 Å². The first-order valence-corrected chi connectivity index (χ1v) is 11.8. The Labute approximate surface area is 190 Å². The van der Waals surface area contributed by atoms with Crippen molar-refractivity contribution in [3.8, 4) is 6.07 Å². The van der Waals surface area contributed by atoms with Crippen molar-refractivity contribution in [1.82, 2.24) is 19.3 Å². The van der Waals surface area contributed by atoms with E-state index in [1.807, 2.05) is 53.2 Å². The molecule has 2 aromatic heterocycles. The Morgan fingerprint density at radius 2 is 1.88 bits per heavy atom. The number of carbonyl (C=O) groups excluding carboxylic acids is 1. The van der Waals surface area contributed by atoms with Crippen LogP contribution in [0.4, 0.5) is 0 Å². The van der Waals surface area contributed by atoms with E-state index in [1.165, 1.54) is 17.3 Å². The molecular formula is C25H23N5OS. The molecule has 160 valence electrons. The predicted octanol–water partition coefficient (Wildman–Crippen LogP) is 5.05. The van der Waals surface area contributed by atoms with Crippen LogP contribution in [-0.2, 0) is 13.1 Å². The highest BCUT2D eigenvalue weighted by molar-refractivity contribution is 7.99. The zero-order chi connectivity index (χ0) is 21.9. The van der Waals surface area contributed by atoms with Gasteiger partial charge >= 0.3 is 0 Å². The lowest BCUT2D eigenvalue weighted by atomic mass is 10.1. The summed E-state index contributed by atoms with van der Waals surface area (Å²) in [6.45, 7) is 1.29. The number of para-hydroxylation sites is 1. The van der Waals surface area contributed by atoms with E-state index in [-0.39, 0.29) is 5.78 Å². The summed E-state index contributed by atoms with van der Waals surface area (Å²) in [6, 6.07) is 20.3. The standard InChI is InChI=1S/C25H23N5OS/c26-13-6-14-29-16-21(20-9-4-5-10-22(20)29)23(31)17-32-25-28-27-24(19-11-12-19)30(25)15-18-7-2-1-3-8-18/h1-5,7-10,16,19H,6,11-12,14-15,17H2. The summed E-state index contributed by atoms with van der Waals surface area (Å²) in [6.07, 6.45) is 4.60. The molecule has 0 amide bonds. The van der Waals surface area contributed by atoms with Crippen molar-refractivity contribution in [2.45, 2.75) is 43.4 Å². The maximum Gasteiger partial charge on any atom is 0.191 e. The van der Waals surface area contributed by atoms with E-state index in [2.05, 4.69) is 33.0 Å². The smallest absolute Gasteiger partial charge is 0.191 e. The Bertz CT molecular complexity index is 1300. The Balaban J connectivity index is 1.37. The monoisotopic (exact) mass is 441 g/mol. The van der Waals surface area contributed by atoms with Gasteiger partial charge in [-0.25, -0.2) is 0 Å². The number of thioether (sulfide) groups is 1. The number of rotatable bonds is 9. The van der Waals surface area contributed by atoms with Crippen LogP contribution in [0.15, 0.2) is 66.0 Å². The third-order valence-electron chi connectivity index (χ3n) is 5.76. The van der Waals surface area contributed by atoms with E-state index in [0.717, 1.165) is 34.7 Å². The Morgan fingerprint density at radius 1 is 1.09 bits per heavy atom. The average Bonchev–Trinajstić information content (AvgIpc) is 3.49. The third-order valence-corrected chi connectivity index (χ3v) is 6.72. The van der Waals surface area contributed by atoms with Crippen LogP contribution < -0.4 is 0 Å². The number of benzene rings is 2. The molecule has 0 spiro atoms. The van der Waals surface area contributed by atoms with Crippen LogP contribution in [0.2, 0.25) is 0 Å². The molecule has 0 radical (unpaired) electrons. The van der Waals surface area contributed by atoms with Crippen molar-refractivity contribution in [1.29, 1.82) is 5.26 Å². The van der Waals surface area contributed by atoms with Crippen molar-refractivity contribution in [3.05, 3.63) is 77.7 Å². The lowest BCUT2D eigenvalue weighted by molar-refractivity contribution is 0.102. The number of ketones is 1. The molecule has 4 aromatic rings. The van der Waals surface area contributed by atoms with E-state index < -0.39 is 0 Å². The highest BCUT2D eigenvalue weighted by Crippen LogP contribution is 2.40. The van der Waals surface area contributed by atoms with Gasteiger partial charge in [0.25, 0.3) is 0 Å². The van der Waals surface area contributed by atoms with Gasteiger partial charge in [0.1, 0.15) is 5.82 Å². The summed E-state index contributed by atoms with van der Waals surface area (Å²) in [4.78, 5) is 13.2. The number of hydrogen-bond acceptors (Lipinski definition) is 5. The second-order valence-electron chi connectivity index (χ2n) is 8.06. The van der Waals surface area contributed by atoms with E-state index in [9.17, 15) is 4.79 Å². The summed E-state index contributed by atoms with van der Waals surface area (Å²) in [7, 11) is 0. The molecule has 0 N–H and O–H groups in total. The molecule has 1 fully saturated rings. The largest absolute Gasteiger partial charge is 0.346 e. The van der Waals surface area contributed by atoms with Gasteiger partial charge in [0.05, 0.1) is 24.8 Å². The number of aromatic nitrogens is 4. The molecule has 1 aliphatic rings. The Hall–Kier alpha value is -3.37. The molecule has 1 saturated carbocycles. The van der Waals surface area contributed by atoms with Crippen molar-refractivity contribution in [2.75, 3.05) is 5.75 Å². The summed E-state index contributed by atoms with van der Waals surface area (Å²) in [5.41, 5.74) is 2.88. The van der Waals surface area contributed by atoms with Gasteiger partial charge in [0.2, 0.25) is 0 Å². The molecule has 0 unspecified atom stereocenters. The molecule has 0 saturated heterocycles. The number of Topliss-reactive ketones (excluding diaryl/α,β-unsaturated/α-hetero) is 1. The fraction of sp³-hybridized carbons (Fsp3) is 0.280. The minimum atomic E-state index is 0.0594. The zero-order valence-electron chi connectivity index (χ0n) is 17.6. The molecule has 0 bridgehead atoms. The number of aryl methyl sites for hydroxylation is 1. The van der Waals surface area contributed by atoms with E-state index in [0.29, 0.717) is 36.7 Å². The first kappa shape index (κ1) is 20.5. The molecule has 0 atom stereocenters. The van der Waals surface area contributed by atoms with Crippen molar-refractivity contribution in [2.24, 2.45) is 0 Å². The van der Waals surface area contributed by atoms with Gasteiger partial charge in [-0.15, -0.1) is 10.2 Å². The van der Waals surface area contributed by atoms with Gasteiger partial charge < -0.3 is 9.13 Å². The second-order valence-corrected chi connectivity index (χ2v) is 9.00. The van der Waals surface area contributed by atoms with Crippen LogP contribution in [-0.4, -0.2) is 30.9 Å². The van der Waals surface area contributed by atoms with Crippen LogP contribution in [0.25, 0.3) is 10.9 Å². The molecule has 7 heteroatoms. The number of hydrogen-bond donors (Lipinski definition) is 0. The van der Waals surface area contributed by atoms with Gasteiger partial charge in [-0.05, 0) is 24.5 Å². The maximum absolute atomic E-state index is 13.2. The molecule has 5 rings (SSSR count). The summed E-state index contributed by atoms with van der Waals surface area (Å²) < 4.78 is 4.17. The lowest BCUT2D eigenvalue weighted by Crippen LogP contribution is -2.08. The molecular weight excluding hydrogens is 418 g/mol. The van der Waals surface area contributed by atoms with Crippen molar-refractivity contribution < 1.29 is 4.79 Å². The topological polar surface area (TPSA) is 76.5 Å². The minimum absolute atomic E-state index is 0.0594. The molecule has 0 aliphatic heterocycles. The summed E-state index contributed by atoms with van der Waals surface area (Å²) in [5, 5.41) is 19.6. The minimum Gasteiger partial charge on any atom is -0.346 e. The highest BCUT2D eigenvalue weighted by atomic mass is 32.2. The Morgan fingerprint density at radius 3 is 2.66 bits per heavy atom. The second kappa shape index (κ2) is 9.01. The fourth-order valence-electron chi connectivity index (χ4n) is 4.00. The molecule has 32 heavy (non-hydrogen) atoms. The predicted molar refractivity (Wildman–Crippen MR) is 125 cm³/mol. The highest BCUT2D eigenvalue weighted by Gasteiger charge is 2.30. The maximum atomic E-state index is 13.2. The summed E-state index contributed by atoms with van der Waals surface area (Å²) in [5.74, 6) is 1.86. The molecule has 2 aromatic carbocycles. The molecule has 1 aliphatic carbocycles. The normalized spacial score (nSPS) is 13.3. The van der Waals surface area contributed by atoms with Crippen molar-refractivity contribution in [3.63, 3.8) is 0 Å². The van der Waals surface area contributed by atoms with E-state index in [1.54, 1.807) is 0 Å². The fourth-order valence-corrected chi connectivity index (χ4v) is 4.83. The number of carbonyl (C=O) groups is 1. The number of fused-ring (bicyclic) bond motifs is 1. The van der Waals surface area contributed by atoms with Gasteiger partial charge in [0.15, 0.2) is 10.9 Å². The van der Waals surface area contributed by atoms with Gasteiger partial charge in [-0.2, -0.15) is 5.26 Å². The number of nitriles is 1. The molecule has 6 nitrogen and oxygen atoms in total. The van der Waals surface area contributed by atoms with Gasteiger partial charge in [-0.3, -0.25) is 4.79 Å². The zero-order valence-corrected chi connectivity index (χ0v) is 18.5. The average molecular weight is 442 g/mol. The quantitative estimate of drug-likeness (QED) is 0.268. The van der Waals surface area contributed by atoms with Gasteiger partial charge in [-0.1, -0.05) is 60.3 Å². The first-order chi connectivity index (χ1) is 15.7. The van der Waals surface area contributed by atoms with Crippen LogP contribution in [0.5, 0.6) is 0 Å². The molecule has 2 heterocycles. The summed E-state index contributed by atoms with van der Waals surface area (Å²) >= 11 is 1.45. The van der Waals surface area contributed by atoms with Crippen LogP contribution in [0.1, 0.15) is 46.9 Å². The Kier molecular flexibility index (Phi) is 5.78. The SMILES string of the molecule is N#CCCn1cc(C(=O)CSc2nnc(C3CC3)n2Cc2ccccc2)c2ccccc21.